The van der Waals surface area contributed by atoms with Crippen molar-refractivity contribution in [2.24, 2.45) is 5.92 Å². The maximum Gasteiger partial charge on any atom is 0.271 e. The van der Waals surface area contributed by atoms with Gasteiger partial charge in [-0.3, -0.25) is 14.4 Å². The maximum absolute atomic E-state index is 12.2. The molecule has 0 aliphatic carbocycles. The fraction of sp³-hybridized carbons (Fsp3) is 0.267. The second-order valence-electron chi connectivity index (χ2n) is 5.16. The average molecular weight is 301 g/mol. The molecule has 7 nitrogen and oxygen atoms in total. The van der Waals surface area contributed by atoms with Crippen LogP contribution < -0.4 is 10.9 Å². The molecule has 2 amide bonds. The summed E-state index contributed by atoms with van der Waals surface area (Å²) in [6.45, 7) is 0.664. The Kier molecular flexibility index (Phi) is 3.78. The van der Waals surface area contributed by atoms with Gasteiger partial charge in [-0.15, -0.1) is 0 Å². The highest BCUT2D eigenvalue weighted by atomic mass is 16.3. The number of likely N-dealkylation sites (tertiary alicyclic amines) is 1. The van der Waals surface area contributed by atoms with Crippen LogP contribution in [0.25, 0.3) is 0 Å². The minimum Gasteiger partial charge on any atom is -0.467 e. The van der Waals surface area contributed by atoms with Crippen LogP contribution in [0.2, 0.25) is 0 Å². The first-order chi connectivity index (χ1) is 10.6. The minimum atomic E-state index is -0.470. The summed E-state index contributed by atoms with van der Waals surface area (Å²) in [7, 11) is 0. The van der Waals surface area contributed by atoms with Gasteiger partial charge in [-0.1, -0.05) is 0 Å². The first-order valence-corrected chi connectivity index (χ1v) is 6.92. The molecular formula is C15H15N3O4. The quantitative estimate of drug-likeness (QED) is 0.879. The summed E-state index contributed by atoms with van der Waals surface area (Å²) in [6, 6.07) is 6.68. The zero-order valence-electron chi connectivity index (χ0n) is 11.7. The maximum atomic E-state index is 12.2. The summed E-state index contributed by atoms with van der Waals surface area (Å²) >= 11 is 0. The van der Waals surface area contributed by atoms with E-state index in [1.54, 1.807) is 29.4 Å². The Morgan fingerprint density at radius 1 is 1.36 bits per heavy atom. The van der Waals surface area contributed by atoms with Crippen molar-refractivity contribution >= 4 is 17.5 Å². The molecular weight excluding hydrogens is 286 g/mol. The summed E-state index contributed by atoms with van der Waals surface area (Å²) in [5, 5.41) is 2.57. The molecule has 0 bridgehead atoms. The van der Waals surface area contributed by atoms with Crippen LogP contribution in [0.5, 0.6) is 0 Å². The fourth-order valence-electron chi connectivity index (χ4n) is 2.45. The average Bonchev–Trinajstić information content (AvgIpc) is 3.13. The van der Waals surface area contributed by atoms with Crippen molar-refractivity contribution in [1.29, 1.82) is 0 Å². The molecule has 1 atom stereocenters. The van der Waals surface area contributed by atoms with Crippen molar-refractivity contribution in [3.05, 3.63) is 52.8 Å². The number of anilines is 1. The van der Waals surface area contributed by atoms with Gasteiger partial charge in [-0.05, 0) is 24.3 Å². The number of rotatable bonds is 4. The lowest BCUT2D eigenvalue weighted by Gasteiger charge is -2.14. The summed E-state index contributed by atoms with van der Waals surface area (Å²) < 4.78 is 5.21. The zero-order chi connectivity index (χ0) is 15.5. The van der Waals surface area contributed by atoms with Crippen LogP contribution in [0.3, 0.4) is 0 Å². The molecule has 114 valence electrons. The molecule has 1 saturated heterocycles. The van der Waals surface area contributed by atoms with Crippen molar-refractivity contribution in [3.63, 3.8) is 0 Å². The molecule has 1 unspecified atom stereocenters. The van der Waals surface area contributed by atoms with Gasteiger partial charge in [0.15, 0.2) is 0 Å². The highest BCUT2D eigenvalue weighted by Crippen LogP contribution is 2.21. The third kappa shape index (κ3) is 2.93. The van der Waals surface area contributed by atoms with Gasteiger partial charge in [0, 0.05) is 19.2 Å². The zero-order valence-corrected chi connectivity index (χ0v) is 11.7. The summed E-state index contributed by atoms with van der Waals surface area (Å²) in [6.07, 6.45) is 3.17. The molecule has 2 aromatic rings. The second-order valence-corrected chi connectivity index (χ2v) is 5.16. The lowest BCUT2D eigenvalue weighted by Crippen LogP contribution is -2.29. The highest BCUT2D eigenvalue weighted by molar-refractivity contribution is 5.97. The molecule has 7 heteroatoms. The monoisotopic (exact) mass is 301 g/mol. The van der Waals surface area contributed by atoms with Crippen molar-refractivity contribution in [2.45, 2.75) is 13.0 Å². The van der Waals surface area contributed by atoms with E-state index in [-0.39, 0.29) is 29.5 Å². The highest BCUT2D eigenvalue weighted by Gasteiger charge is 2.34. The van der Waals surface area contributed by atoms with Gasteiger partial charge >= 0.3 is 0 Å². The lowest BCUT2D eigenvalue weighted by molar-refractivity contribution is -0.128. The van der Waals surface area contributed by atoms with Crippen LogP contribution in [-0.2, 0) is 16.1 Å². The van der Waals surface area contributed by atoms with Gasteiger partial charge in [0.25, 0.3) is 5.56 Å². The standard InChI is InChI=1S/C15H15N3O4/c19-13-7-10(8-18(13)9-11-3-2-6-22-11)14(20)17-12-4-1-5-16-15(12)21/h1-6,10H,7-9H2,(H,16,21)(H,17,20). The molecule has 1 aliphatic heterocycles. The number of hydrogen-bond donors (Lipinski definition) is 2. The van der Waals surface area contributed by atoms with Crippen LogP contribution in [0, 0.1) is 5.92 Å². The lowest BCUT2D eigenvalue weighted by atomic mass is 10.1. The van der Waals surface area contributed by atoms with Crippen LogP contribution in [0.4, 0.5) is 5.69 Å². The molecule has 3 heterocycles. The van der Waals surface area contributed by atoms with Gasteiger partial charge in [-0.2, -0.15) is 0 Å². The van der Waals surface area contributed by atoms with E-state index in [0.717, 1.165) is 0 Å². The van der Waals surface area contributed by atoms with E-state index in [1.807, 2.05) is 0 Å². The Morgan fingerprint density at radius 3 is 2.95 bits per heavy atom. The Balaban J connectivity index is 1.64. The van der Waals surface area contributed by atoms with E-state index < -0.39 is 5.92 Å². The molecule has 0 saturated carbocycles. The topological polar surface area (TPSA) is 95.4 Å². The first kappa shape index (κ1) is 14.1. The molecule has 3 rings (SSSR count). The summed E-state index contributed by atoms with van der Waals surface area (Å²) in [5.41, 5.74) is -0.183. The van der Waals surface area contributed by atoms with E-state index in [2.05, 4.69) is 10.3 Å². The number of H-pyrrole nitrogens is 1. The molecule has 0 aromatic carbocycles. The number of carbonyl (C=O) groups is 2. The number of nitrogens with one attached hydrogen (secondary N) is 2. The molecule has 0 spiro atoms. The summed E-state index contributed by atoms with van der Waals surface area (Å²) in [5.74, 6) is -0.221. The Morgan fingerprint density at radius 2 is 2.23 bits per heavy atom. The van der Waals surface area contributed by atoms with Gasteiger partial charge in [0.1, 0.15) is 11.4 Å². The predicted molar refractivity (Wildman–Crippen MR) is 77.9 cm³/mol. The first-order valence-electron chi connectivity index (χ1n) is 6.92. The van der Waals surface area contributed by atoms with Gasteiger partial charge < -0.3 is 19.6 Å². The van der Waals surface area contributed by atoms with Crippen molar-refractivity contribution in [1.82, 2.24) is 9.88 Å². The number of aromatic nitrogens is 1. The number of pyridine rings is 1. The van der Waals surface area contributed by atoms with E-state index in [1.165, 1.54) is 12.3 Å². The fourth-order valence-corrected chi connectivity index (χ4v) is 2.45. The number of nitrogens with zero attached hydrogens (tertiary/aromatic N) is 1. The largest absolute Gasteiger partial charge is 0.467 e. The Hall–Kier alpha value is -2.83. The van der Waals surface area contributed by atoms with Crippen LogP contribution in [0.1, 0.15) is 12.2 Å². The number of aromatic amines is 1. The Bertz CT molecular complexity index is 735. The third-order valence-corrected chi connectivity index (χ3v) is 3.59. The van der Waals surface area contributed by atoms with E-state index in [9.17, 15) is 14.4 Å². The molecule has 2 N–H and O–H groups in total. The molecule has 1 fully saturated rings. The minimum absolute atomic E-state index is 0.0986. The van der Waals surface area contributed by atoms with Crippen LogP contribution in [-0.4, -0.2) is 28.2 Å². The van der Waals surface area contributed by atoms with E-state index >= 15 is 0 Å². The number of furan rings is 1. The second kappa shape index (κ2) is 5.88. The molecule has 22 heavy (non-hydrogen) atoms. The normalized spacial score (nSPS) is 17.7. The van der Waals surface area contributed by atoms with Crippen molar-refractivity contribution < 1.29 is 14.0 Å². The van der Waals surface area contributed by atoms with E-state index in [4.69, 9.17) is 4.42 Å². The SMILES string of the molecule is O=C(Nc1ccc[nH]c1=O)C1CC(=O)N(Cc2ccco2)C1. The molecule has 0 radical (unpaired) electrons. The number of hydrogen-bond acceptors (Lipinski definition) is 4. The number of carbonyl (C=O) groups excluding carboxylic acids is 2. The molecule has 2 aromatic heterocycles. The Labute approximate surface area is 125 Å². The van der Waals surface area contributed by atoms with Gasteiger partial charge in [0.05, 0.1) is 18.7 Å². The number of amides is 2. The summed E-state index contributed by atoms with van der Waals surface area (Å²) in [4.78, 5) is 39.8. The van der Waals surface area contributed by atoms with Gasteiger partial charge in [0.2, 0.25) is 11.8 Å². The van der Waals surface area contributed by atoms with E-state index in [0.29, 0.717) is 18.8 Å². The predicted octanol–water partition coefficient (Wildman–Crippen LogP) is 0.955. The van der Waals surface area contributed by atoms with Crippen molar-refractivity contribution in [2.75, 3.05) is 11.9 Å². The van der Waals surface area contributed by atoms with Crippen molar-refractivity contribution in [3.8, 4) is 0 Å². The van der Waals surface area contributed by atoms with Crippen LogP contribution in [0.15, 0.2) is 45.9 Å². The smallest absolute Gasteiger partial charge is 0.271 e. The van der Waals surface area contributed by atoms with Gasteiger partial charge in [-0.25, -0.2) is 0 Å². The van der Waals surface area contributed by atoms with Crippen LogP contribution >= 0.6 is 0 Å². The molecule has 1 aliphatic rings. The third-order valence-electron chi connectivity index (χ3n) is 3.59.